The third kappa shape index (κ3) is 5.66. The molecule has 1 saturated carbocycles. The van der Waals surface area contributed by atoms with Gasteiger partial charge in [0.05, 0.1) is 15.7 Å². The van der Waals surface area contributed by atoms with Crippen LogP contribution in [0.15, 0.2) is 32.3 Å². The number of amides is 1. The fraction of sp³-hybridized carbons (Fsp3) is 0.444. The molecular formula is C18H22BrFN6O3. The standard InChI is InChI=1S/C18H22BrFN6O3/c1-17(2,3)28-16(27)24-18(6-7-18)9-22-15-13(25-29-26-15)14(21)23-10-4-5-12(20)11(19)8-10/h4-5,8H,6-7,9H2,1-3H3,(H2,21,23)(H,22,26)(H,24,27). The lowest BCUT2D eigenvalue weighted by Gasteiger charge is -2.23. The number of carbonyl (C=O) groups is 1. The van der Waals surface area contributed by atoms with Gasteiger partial charge in [-0.25, -0.2) is 18.8 Å². The van der Waals surface area contributed by atoms with Crippen LogP contribution in [0.2, 0.25) is 0 Å². The third-order valence-corrected chi connectivity index (χ3v) is 4.71. The van der Waals surface area contributed by atoms with Crippen molar-refractivity contribution in [2.45, 2.75) is 44.8 Å². The average molecular weight is 469 g/mol. The summed E-state index contributed by atoms with van der Waals surface area (Å²) in [6, 6.07) is 4.25. The molecule has 11 heteroatoms. The molecule has 1 aromatic heterocycles. The molecule has 1 amide bonds. The van der Waals surface area contributed by atoms with Crippen molar-refractivity contribution in [1.29, 1.82) is 0 Å². The first-order valence-electron chi connectivity index (χ1n) is 8.94. The zero-order valence-corrected chi connectivity index (χ0v) is 17.8. The number of ether oxygens (including phenoxy) is 1. The predicted molar refractivity (Wildman–Crippen MR) is 109 cm³/mol. The SMILES string of the molecule is CC(C)(C)OC(=O)NC1(CNc2nonc2C(N)=Nc2ccc(F)c(Br)c2)CC1. The van der Waals surface area contributed by atoms with Gasteiger partial charge in [-0.1, -0.05) is 0 Å². The van der Waals surface area contributed by atoms with Crippen LogP contribution in [0.25, 0.3) is 0 Å². The number of rotatable bonds is 6. The zero-order chi connectivity index (χ0) is 21.2. The Balaban J connectivity index is 1.65. The maximum Gasteiger partial charge on any atom is 0.408 e. The Morgan fingerprint density at radius 2 is 2.14 bits per heavy atom. The van der Waals surface area contributed by atoms with Gasteiger partial charge in [-0.15, -0.1) is 0 Å². The third-order valence-electron chi connectivity index (χ3n) is 4.10. The summed E-state index contributed by atoms with van der Waals surface area (Å²) in [4.78, 5) is 16.2. The summed E-state index contributed by atoms with van der Waals surface area (Å²) in [5.41, 5.74) is 5.68. The number of nitrogens with two attached hydrogens (primary N) is 1. The van der Waals surface area contributed by atoms with Crippen molar-refractivity contribution in [1.82, 2.24) is 15.6 Å². The zero-order valence-electron chi connectivity index (χ0n) is 16.3. The van der Waals surface area contributed by atoms with Crippen molar-refractivity contribution in [3.63, 3.8) is 0 Å². The number of halogens is 2. The molecule has 0 aliphatic heterocycles. The topological polar surface area (TPSA) is 128 Å². The molecule has 29 heavy (non-hydrogen) atoms. The van der Waals surface area contributed by atoms with E-state index in [9.17, 15) is 9.18 Å². The molecule has 1 heterocycles. The molecule has 2 aromatic rings. The molecule has 1 aliphatic carbocycles. The lowest BCUT2D eigenvalue weighted by molar-refractivity contribution is 0.0500. The quantitative estimate of drug-likeness (QED) is 0.437. The molecule has 0 radical (unpaired) electrons. The van der Waals surface area contributed by atoms with Gasteiger partial charge in [0, 0.05) is 6.54 Å². The number of anilines is 1. The highest BCUT2D eigenvalue weighted by atomic mass is 79.9. The second-order valence-corrected chi connectivity index (χ2v) is 8.67. The molecule has 1 aromatic carbocycles. The minimum atomic E-state index is -0.572. The Kier molecular flexibility index (Phi) is 5.78. The van der Waals surface area contributed by atoms with Crippen LogP contribution < -0.4 is 16.4 Å². The average Bonchev–Trinajstić information content (AvgIpc) is 3.19. The van der Waals surface area contributed by atoms with E-state index >= 15 is 0 Å². The second kappa shape index (κ2) is 7.97. The van der Waals surface area contributed by atoms with Gasteiger partial charge in [0.1, 0.15) is 11.4 Å². The minimum absolute atomic E-state index is 0.0530. The van der Waals surface area contributed by atoms with Crippen LogP contribution in [0.1, 0.15) is 39.3 Å². The highest BCUT2D eigenvalue weighted by Gasteiger charge is 2.45. The van der Waals surface area contributed by atoms with E-state index in [1.807, 2.05) is 0 Å². The Morgan fingerprint density at radius 1 is 1.41 bits per heavy atom. The fourth-order valence-corrected chi connectivity index (χ4v) is 2.86. The number of amidine groups is 1. The molecule has 9 nitrogen and oxygen atoms in total. The first kappa shape index (κ1) is 21.0. The van der Waals surface area contributed by atoms with E-state index in [1.165, 1.54) is 18.2 Å². The van der Waals surface area contributed by atoms with Gasteiger partial charge >= 0.3 is 6.09 Å². The molecule has 1 aliphatic rings. The van der Waals surface area contributed by atoms with Crippen molar-refractivity contribution in [2.75, 3.05) is 11.9 Å². The molecule has 0 spiro atoms. The van der Waals surface area contributed by atoms with Gasteiger partial charge in [-0.3, -0.25) is 0 Å². The summed E-state index contributed by atoms with van der Waals surface area (Å²) in [6.45, 7) is 5.81. The van der Waals surface area contributed by atoms with Crippen molar-refractivity contribution >= 4 is 39.4 Å². The first-order valence-corrected chi connectivity index (χ1v) is 9.73. The Hall–Kier alpha value is -2.69. The second-order valence-electron chi connectivity index (χ2n) is 7.82. The van der Waals surface area contributed by atoms with E-state index in [-0.39, 0.29) is 16.0 Å². The smallest absolute Gasteiger partial charge is 0.408 e. The van der Waals surface area contributed by atoms with E-state index in [0.29, 0.717) is 18.1 Å². The van der Waals surface area contributed by atoms with Crippen molar-refractivity contribution < 1.29 is 18.6 Å². The Labute approximate surface area is 175 Å². The molecule has 0 bridgehead atoms. The highest BCUT2D eigenvalue weighted by molar-refractivity contribution is 9.10. The lowest BCUT2D eigenvalue weighted by Crippen LogP contribution is -2.44. The van der Waals surface area contributed by atoms with Gasteiger partial charge < -0.3 is 21.1 Å². The number of nitrogens with zero attached hydrogens (tertiary/aromatic N) is 3. The van der Waals surface area contributed by atoms with Gasteiger partial charge in [-0.05, 0) is 78.1 Å². The van der Waals surface area contributed by atoms with Crippen molar-refractivity contribution in [3.8, 4) is 0 Å². The number of hydrogen-bond donors (Lipinski definition) is 3. The summed E-state index contributed by atoms with van der Waals surface area (Å²) in [6.07, 6.45) is 1.12. The number of benzene rings is 1. The van der Waals surface area contributed by atoms with Gasteiger partial charge in [0.2, 0.25) is 5.82 Å². The van der Waals surface area contributed by atoms with E-state index in [4.69, 9.17) is 15.1 Å². The van der Waals surface area contributed by atoms with Crippen LogP contribution in [0.5, 0.6) is 0 Å². The highest BCUT2D eigenvalue weighted by Crippen LogP contribution is 2.36. The molecule has 156 valence electrons. The minimum Gasteiger partial charge on any atom is -0.444 e. The summed E-state index contributed by atoms with van der Waals surface area (Å²) in [5.74, 6) is -0.0536. The van der Waals surface area contributed by atoms with Crippen LogP contribution in [0.4, 0.5) is 20.7 Å². The molecule has 3 rings (SSSR count). The van der Waals surface area contributed by atoms with Crippen LogP contribution in [0.3, 0.4) is 0 Å². The van der Waals surface area contributed by atoms with Crippen molar-refractivity contribution in [3.05, 3.63) is 34.2 Å². The largest absolute Gasteiger partial charge is 0.444 e. The number of carbonyl (C=O) groups excluding carboxylic acids is 1. The number of aromatic nitrogens is 2. The number of alkyl carbamates (subject to hydrolysis) is 1. The maximum absolute atomic E-state index is 13.4. The number of nitrogens with one attached hydrogen (secondary N) is 2. The monoisotopic (exact) mass is 468 g/mol. The van der Waals surface area contributed by atoms with E-state index < -0.39 is 23.1 Å². The summed E-state index contributed by atoms with van der Waals surface area (Å²) < 4.78 is 23.7. The van der Waals surface area contributed by atoms with Crippen LogP contribution in [0, 0.1) is 5.82 Å². The predicted octanol–water partition coefficient (Wildman–Crippen LogP) is 3.48. The Morgan fingerprint density at radius 3 is 2.76 bits per heavy atom. The molecule has 0 saturated heterocycles. The van der Waals surface area contributed by atoms with E-state index in [2.05, 4.69) is 41.9 Å². The van der Waals surface area contributed by atoms with Crippen LogP contribution in [-0.2, 0) is 4.74 Å². The Bertz CT molecular complexity index is 936. The van der Waals surface area contributed by atoms with Gasteiger partial charge in [-0.2, -0.15) is 0 Å². The van der Waals surface area contributed by atoms with Gasteiger partial charge in [0.15, 0.2) is 11.5 Å². The van der Waals surface area contributed by atoms with Crippen LogP contribution >= 0.6 is 15.9 Å². The fourth-order valence-electron chi connectivity index (χ4n) is 2.49. The summed E-state index contributed by atoms with van der Waals surface area (Å²) in [7, 11) is 0. The summed E-state index contributed by atoms with van der Waals surface area (Å²) in [5, 5.41) is 13.6. The first-order chi connectivity index (χ1) is 13.6. The molecule has 1 fully saturated rings. The maximum atomic E-state index is 13.4. The lowest BCUT2D eigenvalue weighted by atomic mass is 10.2. The normalized spacial score (nSPS) is 15.7. The van der Waals surface area contributed by atoms with Crippen molar-refractivity contribution in [2.24, 2.45) is 10.7 Å². The summed E-state index contributed by atoms with van der Waals surface area (Å²) >= 11 is 3.10. The number of aliphatic imine (C=N–C) groups is 1. The molecule has 0 unspecified atom stereocenters. The van der Waals surface area contributed by atoms with E-state index in [0.717, 1.165) is 12.8 Å². The van der Waals surface area contributed by atoms with Crippen LogP contribution in [-0.4, -0.2) is 39.9 Å². The van der Waals surface area contributed by atoms with E-state index in [1.54, 1.807) is 20.8 Å². The molecule has 4 N–H and O–H groups in total. The molecular weight excluding hydrogens is 447 g/mol. The molecule has 0 atom stereocenters. The van der Waals surface area contributed by atoms with Gasteiger partial charge in [0.25, 0.3) is 0 Å². The number of hydrogen-bond acceptors (Lipinski definition) is 7.